The Hall–Kier alpha value is -0.570. The van der Waals surface area contributed by atoms with Crippen LogP contribution in [-0.2, 0) is 4.79 Å². The molecule has 0 bridgehead atoms. The topological polar surface area (TPSA) is 32.3 Å². The lowest BCUT2D eigenvalue weighted by atomic mass is 10.1. The second-order valence-corrected chi connectivity index (χ2v) is 3.76. The molecule has 0 radical (unpaired) electrons. The Morgan fingerprint density at radius 2 is 2.08 bits per heavy atom. The van der Waals surface area contributed by atoms with E-state index >= 15 is 0 Å². The molecule has 0 saturated heterocycles. The fourth-order valence-corrected chi connectivity index (χ4v) is 0.966. The summed E-state index contributed by atoms with van der Waals surface area (Å²) in [6.45, 7) is 5.81. The summed E-state index contributed by atoms with van der Waals surface area (Å²) in [7, 11) is 4.08. The van der Waals surface area contributed by atoms with E-state index in [4.69, 9.17) is 0 Å². The molecule has 0 rings (SSSR count). The zero-order valence-corrected chi connectivity index (χ0v) is 9.26. The number of nitrogens with one attached hydrogen (secondary N) is 1. The Labute approximate surface area is 81.5 Å². The number of carbonyl (C=O) groups excluding carboxylic acids is 1. The molecule has 78 valence electrons. The van der Waals surface area contributed by atoms with E-state index < -0.39 is 0 Å². The van der Waals surface area contributed by atoms with Gasteiger partial charge < -0.3 is 10.2 Å². The van der Waals surface area contributed by atoms with Gasteiger partial charge in [-0.3, -0.25) is 4.79 Å². The molecular formula is C10H22N2O. The van der Waals surface area contributed by atoms with Crippen LogP contribution in [0.4, 0.5) is 0 Å². The Morgan fingerprint density at radius 3 is 2.54 bits per heavy atom. The maximum atomic E-state index is 11.3. The van der Waals surface area contributed by atoms with Gasteiger partial charge in [-0.05, 0) is 33.5 Å². The number of hydrogen-bond donors (Lipinski definition) is 1. The van der Waals surface area contributed by atoms with Gasteiger partial charge in [-0.1, -0.05) is 13.8 Å². The first kappa shape index (κ1) is 12.4. The van der Waals surface area contributed by atoms with Crippen molar-refractivity contribution in [3.8, 4) is 0 Å². The number of amides is 1. The maximum Gasteiger partial charge on any atom is 0.222 e. The van der Waals surface area contributed by atoms with Crippen LogP contribution in [0.5, 0.6) is 0 Å². The fraction of sp³-hybridized carbons (Fsp3) is 0.900. The molecule has 1 N–H and O–H groups in total. The predicted molar refractivity (Wildman–Crippen MR) is 55.6 cm³/mol. The number of rotatable bonds is 6. The lowest BCUT2D eigenvalue weighted by Crippen LogP contribution is -2.31. The van der Waals surface area contributed by atoms with Gasteiger partial charge in [0.2, 0.25) is 5.91 Å². The largest absolute Gasteiger partial charge is 0.356 e. The monoisotopic (exact) mass is 186 g/mol. The van der Waals surface area contributed by atoms with Crippen molar-refractivity contribution in [2.75, 3.05) is 27.2 Å². The van der Waals surface area contributed by atoms with Gasteiger partial charge in [0.25, 0.3) is 0 Å². The zero-order valence-electron chi connectivity index (χ0n) is 9.26. The standard InChI is InChI=1S/C10H22N2O/c1-5-9(2)10(13)11-7-6-8-12(3)4/h9H,5-8H2,1-4H3,(H,11,13). The minimum Gasteiger partial charge on any atom is -0.356 e. The van der Waals surface area contributed by atoms with Crippen molar-refractivity contribution in [2.24, 2.45) is 5.92 Å². The molecule has 1 unspecified atom stereocenters. The minimum atomic E-state index is 0.152. The van der Waals surface area contributed by atoms with Gasteiger partial charge >= 0.3 is 0 Å². The molecule has 0 aromatic carbocycles. The van der Waals surface area contributed by atoms with E-state index in [2.05, 4.69) is 10.2 Å². The average molecular weight is 186 g/mol. The predicted octanol–water partition coefficient (Wildman–Crippen LogP) is 1.10. The van der Waals surface area contributed by atoms with Crippen molar-refractivity contribution in [2.45, 2.75) is 26.7 Å². The molecule has 0 aliphatic heterocycles. The Balaban J connectivity index is 3.37. The van der Waals surface area contributed by atoms with Crippen LogP contribution < -0.4 is 5.32 Å². The third kappa shape index (κ3) is 6.58. The highest BCUT2D eigenvalue weighted by Crippen LogP contribution is 1.99. The van der Waals surface area contributed by atoms with Crippen LogP contribution in [0.25, 0.3) is 0 Å². The summed E-state index contributed by atoms with van der Waals surface area (Å²) >= 11 is 0. The lowest BCUT2D eigenvalue weighted by Gasteiger charge is -2.12. The highest BCUT2D eigenvalue weighted by atomic mass is 16.1. The van der Waals surface area contributed by atoms with Gasteiger partial charge in [-0.25, -0.2) is 0 Å². The molecular weight excluding hydrogens is 164 g/mol. The number of nitrogens with zero attached hydrogens (tertiary/aromatic N) is 1. The van der Waals surface area contributed by atoms with Crippen LogP contribution >= 0.6 is 0 Å². The summed E-state index contributed by atoms with van der Waals surface area (Å²) in [6.07, 6.45) is 1.94. The van der Waals surface area contributed by atoms with Crippen LogP contribution in [0.1, 0.15) is 26.7 Å². The highest BCUT2D eigenvalue weighted by Gasteiger charge is 2.08. The van der Waals surface area contributed by atoms with Crippen molar-refractivity contribution in [3.63, 3.8) is 0 Å². The first-order chi connectivity index (χ1) is 6.07. The Kier molecular flexibility index (Phi) is 6.59. The van der Waals surface area contributed by atoms with E-state index in [1.54, 1.807) is 0 Å². The molecule has 0 aliphatic carbocycles. The highest BCUT2D eigenvalue weighted by molar-refractivity contribution is 5.78. The smallest absolute Gasteiger partial charge is 0.222 e. The zero-order chi connectivity index (χ0) is 10.3. The minimum absolute atomic E-state index is 0.152. The summed E-state index contributed by atoms with van der Waals surface area (Å²) < 4.78 is 0. The van der Waals surface area contributed by atoms with E-state index in [-0.39, 0.29) is 11.8 Å². The summed E-state index contributed by atoms with van der Waals surface area (Å²) in [5.74, 6) is 0.334. The molecule has 3 heteroatoms. The van der Waals surface area contributed by atoms with E-state index in [1.807, 2.05) is 27.9 Å². The van der Waals surface area contributed by atoms with Crippen LogP contribution in [-0.4, -0.2) is 38.0 Å². The van der Waals surface area contributed by atoms with Gasteiger partial charge in [0, 0.05) is 12.5 Å². The van der Waals surface area contributed by atoms with Crippen LogP contribution in [0.15, 0.2) is 0 Å². The van der Waals surface area contributed by atoms with Crippen molar-refractivity contribution in [1.29, 1.82) is 0 Å². The third-order valence-electron chi connectivity index (χ3n) is 2.14. The van der Waals surface area contributed by atoms with Crippen molar-refractivity contribution < 1.29 is 4.79 Å². The van der Waals surface area contributed by atoms with E-state index in [0.717, 1.165) is 25.9 Å². The average Bonchev–Trinajstić information content (AvgIpc) is 2.10. The van der Waals surface area contributed by atoms with Gasteiger partial charge in [-0.15, -0.1) is 0 Å². The summed E-state index contributed by atoms with van der Waals surface area (Å²) in [5.41, 5.74) is 0. The Bertz CT molecular complexity index is 146. The van der Waals surface area contributed by atoms with Crippen LogP contribution in [0, 0.1) is 5.92 Å². The maximum absolute atomic E-state index is 11.3. The quantitative estimate of drug-likeness (QED) is 0.630. The van der Waals surface area contributed by atoms with Gasteiger partial charge in [0.15, 0.2) is 0 Å². The molecule has 0 saturated carbocycles. The first-order valence-corrected chi connectivity index (χ1v) is 5.00. The molecule has 0 aromatic rings. The molecule has 0 aliphatic rings. The summed E-state index contributed by atoms with van der Waals surface area (Å²) in [6, 6.07) is 0. The van der Waals surface area contributed by atoms with Crippen molar-refractivity contribution in [3.05, 3.63) is 0 Å². The fourth-order valence-electron chi connectivity index (χ4n) is 0.966. The molecule has 0 spiro atoms. The van der Waals surface area contributed by atoms with Gasteiger partial charge in [-0.2, -0.15) is 0 Å². The molecule has 1 amide bonds. The number of carbonyl (C=O) groups is 1. The Morgan fingerprint density at radius 1 is 1.46 bits per heavy atom. The second-order valence-electron chi connectivity index (χ2n) is 3.76. The lowest BCUT2D eigenvalue weighted by molar-refractivity contribution is -0.124. The molecule has 3 nitrogen and oxygen atoms in total. The molecule has 0 aromatic heterocycles. The van der Waals surface area contributed by atoms with Crippen molar-refractivity contribution in [1.82, 2.24) is 10.2 Å². The van der Waals surface area contributed by atoms with E-state index in [0.29, 0.717) is 0 Å². The number of hydrogen-bond acceptors (Lipinski definition) is 2. The molecule has 13 heavy (non-hydrogen) atoms. The molecule has 0 heterocycles. The SMILES string of the molecule is CCC(C)C(=O)NCCCN(C)C. The normalized spacial score (nSPS) is 13.0. The first-order valence-electron chi connectivity index (χ1n) is 5.00. The van der Waals surface area contributed by atoms with Gasteiger partial charge in [0.1, 0.15) is 0 Å². The molecule has 0 fully saturated rings. The summed E-state index contributed by atoms with van der Waals surface area (Å²) in [4.78, 5) is 13.4. The van der Waals surface area contributed by atoms with Crippen LogP contribution in [0.3, 0.4) is 0 Å². The van der Waals surface area contributed by atoms with E-state index in [9.17, 15) is 4.79 Å². The second kappa shape index (κ2) is 6.89. The molecule has 1 atom stereocenters. The van der Waals surface area contributed by atoms with E-state index in [1.165, 1.54) is 0 Å². The third-order valence-corrected chi connectivity index (χ3v) is 2.14. The van der Waals surface area contributed by atoms with Gasteiger partial charge in [0.05, 0.1) is 0 Å². The van der Waals surface area contributed by atoms with Crippen molar-refractivity contribution >= 4 is 5.91 Å². The van der Waals surface area contributed by atoms with Crippen LogP contribution in [0.2, 0.25) is 0 Å². The summed E-state index contributed by atoms with van der Waals surface area (Å²) in [5, 5.41) is 2.92.